The van der Waals surface area contributed by atoms with Crippen LogP contribution < -0.4 is 10.9 Å². The zero-order chi connectivity index (χ0) is 19.0. The average Bonchev–Trinajstić information content (AvgIpc) is 3.10. The van der Waals surface area contributed by atoms with Crippen molar-refractivity contribution >= 4 is 23.1 Å². The second kappa shape index (κ2) is 7.09. The minimum atomic E-state index is -0.189. The molecule has 2 fully saturated rings. The number of pyridine rings is 1. The molecule has 8 heteroatoms. The highest BCUT2D eigenvalue weighted by Crippen LogP contribution is 2.56. The summed E-state index contributed by atoms with van der Waals surface area (Å²) in [5.41, 5.74) is 0.481. The molecule has 1 saturated carbocycles. The molecule has 2 aliphatic rings. The van der Waals surface area contributed by atoms with Crippen molar-refractivity contribution in [3.63, 3.8) is 0 Å². The third-order valence-corrected chi connectivity index (χ3v) is 6.72. The number of likely N-dealkylation sites (tertiary alicyclic amines) is 1. The fourth-order valence-electron chi connectivity index (χ4n) is 4.18. The van der Waals surface area contributed by atoms with Crippen molar-refractivity contribution in [1.82, 2.24) is 19.4 Å². The van der Waals surface area contributed by atoms with Crippen LogP contribution in [0.2, 0.25) is 0 Å². The summed E-state index contributed by atoms with van der Waals surface area (Å²) in [7, 11) is 3.85. The van der Waals surface area contributed by atoms with Crippen molar-refractivity contribution in [1.29, 1.82) is 0 Å². The highest BCUT2D eigenvalue weighted by Gasteiger charge is 2.56. The van der Waals surface area contributed by atoms with E-state index in [9.17, 15) is 9.59 Å². The van der Waals surface area contributed by atoms with E-state index in [-0.39, 0.29) is 11.6 Å². The molecule has 2 amide bonds. The first-order chi connectivity index (χ1) is 13.0. The number of amides is 2. The third-order valence-electron chi connectivity index (χ3n) is 5.96. The van der Waals surface area contributed by atoms with Gasteiger partial charge in [0, 0.05) is 44.0 Å². The highest BCUT2D eigenvalue weighted by molar-refractivity contribution is 7.09. The van der Waals surface area contributed by atoms with E-state index in [4.69, 9.17) is 0 Å². The summed E-state index contributed by atoms with van der Waals surface area (Å²) in [6.07, 6.45) is 6.76. The maximum Gasteiger partial charge on any atom is 0.321 e. The van der Waals surface area contributed by atoms with E-state index in [2.05, 4.69) is 22.2 Å². The second-order valence-electron chi connectivity index (χ2n) is 7.68. The SMILES string of the molecule is CN(Cc1nccs1)C1CC12CCN(C(=O)Nc1cccn(C)c1=O)CC2. The summed E-state index contributed by atoms with van der Waals surface area (Å²) < 4.78 is 1.47. The number of rotatable bonds is 4. The van der Waals surface area contributed by atoms with Crippen LogP contribution in [0.5, 0.6) is 0 Å². The van der Waals surface area contributed by atoms with Gasteiger partial charge in [0.1, 0.15) is 10.7 Å². The molecule has 0 bridgehead atoms. The van der Waals surface area contributed by atoms with Gasteiger partial charge in [0.25, 0.3) is 5.56 Å². The lowest BCUT2D eigenvalue weighted by atomic mass is 9.92. The van der Waals surface area contributed by atoms with Gasteiger partial charge in [0.2, 0.25) is 0 Å². The number of carbonyl (C=O) groups is 1. The maximum atomic E-state index is 12.5. The summed E-state index contributed by atoms with van der Waals surface area (Å²) >= 11 is 1.70. The topological polar surface area (TPSA) is 70.5 Å². The van der Waals surface area contributed by atoms with Gasteiger partial charge in [-0.15, -0.1) is 11.3 Å². The van der Waals surface area contributed by atoms with Gasteiger partial charge in [0.05, 0.1) is 6.54 Å². The molecule has 3 heterocycles. The smallest absolute Gasteiger partial charge is 0.321 e. The molecule has 2 aromatic rings. The number of nitrogens with zero attached hydrogens (tertiary/aromatic N) is 4. The lowest BCUT2D eigenvalue weighted by Gasteiger charge is -2.34. The minimum absolute atomic E-state index is 0.179. The summed E-state index contributed by atoms with van der Waals surface area (Å²) in [4.78, 5) is 33.2. The Kier molecular flexibility index (Phi) is 4.77. The first-order valence-corrected chi connectivity index (χ1v) is 10.2. The summed E-state index contributed by atoms with van der Waals surface area (Å²) in [5.74, 6) is 0. The van der Waals surface area contributed by atoms with Crippen LogP contribution in [0.1, 0.15) is 24.3 Å². The Hall–Kier alpha value is -2.19. The molecule has 7 nitrogen and oxygen atoms in total. The van der Waals surface area contributed by atoms with Crippen molar-refractivity contribution in [2.24, 2.45) is 12.5 Å². The number of urea groups is 1. The zero-order valence-corrected chi connectivity index (χ0v) is 16.5. The Morgan fingerprint density at radius 1 is 1.44 bits per heavy atom. The Bertz CT molecular complexity index is 870. The van der Waals surface area contributed by atoms with Gasteiger partial charge in [-0.3, -0.25) is 9.69 Å². The lowest BCUT2D eigenvalue weighted by molar-refractivity contribution is 0.157. The number of aryl methyl sites for hydroxylation is 1. The van der Waals surface area contributed by atoms with Gasteiger partial charge in [0.15, 0.2) is 0 Å². The number of piperidine rings is 1. The van der Waals surface area contributed by atoms with Gasteiger partial charge in [-0.2, -0.15) is 0 Å². The summed E-state index contributed by atoms with van der Waals surface area (Å²) in [6.45, 7) is 2.37. The Morgan fingerprint density at radius 2 is 2.22 bits per heavy atom. The number of carbonyl (C=O) groups excluding carboxylic acids is 1. The Morgan fingerprint density at radius 3 is 2.93 bits per heavy atom. The maximum absolute atomic E-state index is 12.5. The lowest BCUT2D eigenvalue weighted by Crippen LogP contribution is -2.44. The van der Waals surface area contributed by atoms with E-state index in [1.54, 1.807) is 36.7 Å². The van der Waals surface area contributed by atoms with E-state index in [1.165, 1.54) is 11.0 Å². The Labute approximate surface area is 162 Å². The number of anilines is 1. The van der Waals surface area contributed by atoms with Gasteiger partial charge in [-0.25, -0.2) is 9.78 Å². The van der Waals surface area contributed by atoms with Crippen molar-refractivity contribution in [2.45, 2.75) is 31.8 Å². The van der Waals surface area contributed by atoms with E-state index in [1.807, 2.05) is 16.5 Å². The molecule has 1 aliphatic carbocycles. The molecule has 1 N–H and O–H groups in total. The molecular formula is C19H25N5O2S. The molecule has 1 unspecified atom stereocenters. The molecule has 2 aromatic heterocycles. The number of nitrogens with one attached hydrogen (secondary N) is 1. The quantitative estimate of drug-likeness (QED) is 0.874. The molecule has 4 rings (SSSR count). The average molecular weight is 388 g/mol. The summed E-state index contributed by atoms with van der Waals surface area (Å²) in [5, 5.41) is 5.94. The van der Waals surface area contributed by atoms with Gasteiger partial charge in [-0.1, -0.05) is 0 Å². The van der Waals surface area contributed by atoms with E-state index in [0.717, 1.165) is 37.5 Å². The molecule has 1 saturated heterocycles. The number of aromatic nitrogens is 2. The molecule has 1 aliphatic heterocycles. The van der Waals surface area contributed by atoms with E-state index in [0.29, 0.717) is 17.1 Å². The first kappa shape index (κ1) is 18.2. The van der Waals surface area contributed by atoms with Crippen molar-refractivity contribution in [3.8, 4) is 0 Å². The normalized spacial score (nSPS) is 20.9. The van der Waals surface area contributed by atoms with Crippen molar-refractivity contribution in [2.75, 3.05) is 25.5 Å². The predicted octanol–water partition coefficient (Wildman–Crippen LogP) is 2.36. The minimum Gasteiger partial charge on any atom is -0.324 e. The largest absolute Gasteiger partial charge is 0.324 e. The first-order valence-electron chi connectivity index (χ1n) is 9.29. The van der Waals surface area contributed by atoms with Crippen LogP contribution in [0.15, 0.2) is 34.7 Å². The standard InChI is InChI=1S/C19H25N5O2S/c1-22-8-3-4-14(17(22)25)21-18(26)24-9-5-19(6-10-24)12-15(19)23(2)13-16-20-7-11-27-16/h3-4,7-8,11,15H,5-6,9-10,12-13H2,1-2H3,(H,21,26). The predicted molar refractivity (Wildman–Crippen MR) is 106 cm³/mol. The van der Waals surface area contributed by atoms with Crippen LogP contribution >= 0.6 is 11.3 Å². The number of thiazole rings is 1. The van der Waals surface area contributed by atoms with Crippen LogP contribution in [-0.4, -0.2) is 51.6 Å². The monoisotopic (exact) mass is 387 g/mol. The van der Waals surface area contributed by atoms with Crippen molar-refractivity contribution < 1.29 is 4.79 Å². The van der Waals surface area contributed by atoms with Gasteiger partial charge < -0.3 is 14.8 Å². The van der Waals surface area contributed by atoms with E-state index < -0.39 is 0 Å². The number of hydrogen-bond acceptors (Lipinski definition) is 5. The van der Waals surface area contributed by atoms with Crippen LogP contribution in [0.4, 0.5) is 10.5 Å². The summed E-state index contributed by atoms with van der Waals surface area (Å²) in [6, 6.07) is 3.81. The Balaban J connectivity index is 1.31. The fourth-order valence-corrected chi connectivity index (χ4v) is 4.86. The van der Waals surface area contributed by atoms with Gasteiger partial charge >= 0.3 is 6.03 Å². The molecule has 0 radical (unpaired) electrons. The highest BCUT2D eigenvalue weighted by atomic mass is 32.1. The van der Waals surface area contributed by atoms with Gasteiger partial charge in [-0.05, 0) is 43.9 Å². The van der Waals surface area contributed by atoms with Crippen LogP contribution in [0, 0.1) is 5.41 Å². The van der Waals surface area contributed by atoms with E-state index >= 15 is 0 Å². The van der Waals surface area contributed by atoms with Crippen molar-refractivity contribution in [3.05, 3.63) is 45.3 Å². The number of hydrogen-bond donors (Lipinski definition) is 1. The molecule has 1 atom stereocenters. The van der Waals surface area contributed by atoms with Crippen LogP contribution in [-0.2, 0) is 13.6 Å². The third kappa shape index (κ3) is 3.64. The fraction of sp³-hybridized carbons (Fsp3) is 0.526. The second-order valence-corrected chi connectivity index (χ2v) is 8.66. The van der Waals surface area contributed by atoms with Crippen LogP contribution in [0.25, 0.3) is 0 Å². The van der Waals surface area contributed by atoms with Crippen LogP contribution in [0.3, 0.4) is 0 Å². The zero-order valence-electron chi connectivity index (χ0n) is 15.7. The molecule has 0 aromatic carbocycles. The molecule has 1 spiro atoms. The molecule has 144 valence electrons. The molecular weight excluding hydrogens is 362 g/mol. The molecule has 27 heavy (non-hydrogen) atoms.